The van der Waals surface area contributed by atoms with Gasteiger partial charge in [0.15, 0.2) is 11.5 Å². The van der Waals surface area contributed by atoms with Crippen LogP contribution in [0.15, 0.2) is 12.1 Å². The highest BCUT2D eigenvalue weighted by molar-refractivity contribution is 6.32. The Morgan fingerprint density at radius 1 is 1.45 bits per heavy atom. The Morgan fingerprint density at radius 2 is 2.20 bits per heavy atom. The van der Waals surface area contributed by atoms with E-state index in [9.17, 15) is 4.79 Å². The van der Waals surface area contributed by atoms with E-state index in [-0.39, 0.29) is 12.0 Å². The third kappa shape index (κ3) is 3.55. The highest BCUT2D eigenvalue weighted by Gasteiger charge is 2.17. The first-order valence-electron chi connectivity index (χ1n) is 6.51. The van der Waals surface area contributed by atoms with E-state index in [1.807, 2.05) is 12.1 Å². The van der Waals surface area contributed by atoms with Crippen molar-refractivity contribution in [3.8, 4) is 11.5 Å². The molecule has 0 fully saturated rings. The zero-order valence-electron chi connectivity index (χ0n) is 11.6. The van der Waals surface area contributed by atoms with Gasteiger partial charge >= 0.3 is 5.97 Å². The van der Waals surface area contributed by atoms with E-state index in [1.165, 1.54) is 7.11 Å². The molecule has 1 aromatic carbocycles. The molecule has 20 heavy (non-hydrogen) atoms. The molecule has 110 valence electrons. The highest BCUT2D eigenvalue weighted by atomic mass is 35.5. The summed E-state index contributed by atoms with van der Waals surface area (Å²) in [5, 5.41) is 3.59. The Hall–Kier alpha value is -1.46. The van der Waals surface area contributed by atoms with Crippen molar-refractivity contribution in [2.75, 3.05) is 20.3 Å². The molecule has 0 bridgehead atoms. The first-order valence-corrected chi connectivity index (χ1v) is 6.89. The average Bonchev–Trinajstić information content (AvgIpc) is 2.69. The minimum atomic E-state index is -0.380. The smallest absolute Gasteiger partial charge is 0.322 e. The molecule has 1 atom stereocenters. The van der Waals surface area contributed by atoms with Gasteiger partial charge < -0.3 is 19.5 Å². The van der Waals surface area contributed by atoms with E-state index in [0.29, 0.717) is 36.3 Å². The molecule has 0 spiro atoms. The van der Waals surface area contributed by atoms with Gasteiger partial charge in [-0.15, -0.1) is 0 Å². The topological polar surface area (TPSA) is 56.8 Å². The van der Waals surface area contributed by atoms with Crippen molar-refractivity contribution in [2.45, 2.75) is 25.9 Å². The summed E-state index contributed by atoms with van der Waals surface area (Å²) < 4.78 is 15.8. The van der Waals surface area contributed by atoms with Crippen LogP contribution in [0.4, 0.5) is 0 Å². The summed E-state index contributed by atoms with van der Waals surface area (Å²) in [6.07, 6.45) is 0.831. The molecule has 1 heterocycles. The summed E-state index contributed by atoms with van der Waals surface area (Å²) in [5.74, 6) is 0.942. The molecule has 5 nitrogen and oxygen atoms in total. The molecular weight excluding hydrogens is 282 g/mol. The largest absolute Gasteiger partial charge is 0.489 e. The maximum Gasteiger partial charge on any atom is 0.322 e. The second kappa shape index (κ2) is 6.81. The van der Waals surface area contributed by atoms with E-state index in [0.717, 1.165) is 12.0 Å². The summed E-state index contributed by atoms with van der Waals surface area (Å²) in [4.78, 5) is 11.3. The van der Waals surface area contributed by atoms with Crippen molar-refractivity contribution in [1.29, 1.82) is 0 Å². The lowest BCUT2D eigenvalue weighted by atomic mass is 10.2. The summed E-state index contributed by atoms with van der Waals surface area (Å²) in [7, 11) is 1.37. The van der Waals surface area contributed by atoms with Crippen LogP contribution in [0.2, 0.25) is 5.02 Å². The fraction of sp³-hybridized carbons (Fsp3) is 0.500. The molecule has 1 aromatic rings. The Kier molecular flexibility index (Phi) is 5.09. The van der Waals surface area contributed by atoms with Gasteiger partial charge in [-0.1, -0.05) is 11.6 Å². The van der Waals surface area contributed by atoms with Crippen LogP contribution in [0.25, 0.3) is 0 Å². The first-order chi connectivity index (χ1) is 9.61. The molecule has 0 amide bonds. The normalized spacial score (nSPS) is 15.3. The number of hydrogen-bond acceptors (Lipinski definition) is 5. The van der Waals surface area contributed by atoms with Crippen LogP contribution in [0.3, 0.4) is 0 Å². The SMILES string of the molecule is COC(=O)C(C)NCc1cc(Cl)c2c(c1)OCCCO2. The van der Waals surface area contributed by atoms with Crippen molar-refractivity contribution in [3.05, 3.63) is 22.7 Å². The zero-order valence-corrected chi connectivity index (χ0v) is 12.3. The van der Waals surface area contributed by atoms with Gasteiger partial charge in [0, 0.05) is 13.0 Å². The molecule has 1 aliphatic rings. The van der Waals surface area contributed by atoms with Crippen LogP contribution in [0.5, 0.6) is 11.5 Å². The van der Waals surface area contributed by atoms with Crippen LogP contribution in [0, 0.1) is 0 Å². The molecule has 0 saturated carbocycles. The Morgan fingerprint density at radius 3 is 2.95 bits per heavy atom. The lowest BCUT2D eigenvalue weighted by Gasteiger charge is -2.14. The van der Waals surface area contributed by atoms with Gasteiger partial charge in [0.05, 0.1) is 25.3 Å². The first kappa shape index (κ1) is 14.9. The predicted molar refractivity (Wildman–Crippen MR) is 75.4 cm³/mol. The standard InChI is InChI=1S/C14H18ClNO4/c1-9(14(17)18-2)16-8-10-6-11(15)13-12(7-10)19-4-3-5-20-13/h6-7,9,16H,3-5,8H2,1-2H3. The quantitative estimate of drug-likeness (QED) is 0.863. The molecule has 2 rings (SSSR count). The maximum absolute atomic E-state index is 11.3. The molecule has 0 aromatic heterocycles. The molecule has 0 radical (unpaired) electrons. The molecule has 0 aliphatic carbocycles. The number of nitrogens with one attached hydrogen (secondary N) is 1. The summed E-state index contributed by atoms with van der Waals surface area (Å²) >= 11 is 6.20. The van der Waals surface area contributed by atoms with E-state index >= 15 is 0 Å². The number of benzene rings is 1. The number of halogens is 1. The summed E-state index contributed by atoms with van der Waals surface area (Å²) in [6, 6.07) is 3.31. The van der Waals surface area contributed by atoms with Crippen molar-refractivity contribution in [3.63, 3.8) is 0 Å². The van der Waals surface area contributed by atoms with Gasteiger partial charge in [-0.3, -0.25) is 4.79 Å². The number of rotatable bonds is 4. The number of carbonyl (C=O) groups is 1. The summed E-state index contributed by atoms with van der Waals surface area (Å²) in [5.41, 5.74) is 0.926. The Balaban J connectivity index is 2.08. The Labute approximate surface area is 123 Å². The minimum Gasteiger partial charge on any atom is -0.489 e. The fourth-order valence-corrected chi connectivity index (χ4v) is 2.21. The Bertz CT molecular complexity index is 492. The van der Waals surface area contributed by atoms with E-state index in [4.69, 9.17) is 21.1 Å². The van der Waals surface area contributed by atoms with Crippen LogP contribution >= 0.6 is 11.6 Å². The molecule has 0 saturated heterocycles. The van der Waals surface area contributed by atoms with E-state index in [1.54, 1.807) is 6.92 Å². The van der Waals surface area contributed by atoms with Crippen LogP contribution in [0.1, 0.15) is 18.9 Å². The number of fused-ring (bicyclic) bond motifs is 1. The monoisotopic (exact) mass is 299 g/mol. The lowest BCUT2D eigenvalue weighted by Crippen LogP contribution is -2.34. The second-order valence-corrected chi connectivity index (χ2v) is 4.99. The zero-order chi connectivity index (χ0) is 14.5. The van der Waals surface area contributed by atoms with Gasteiger partial charge in [-0.05, 0) is 24.6 Å². The van der Waals surface area contributed by atoms with Crippen LogP contribution < -0.4 is 14.8 Å². The van der Waals surface area contributed by atoms with Crippen molar-refractivity contribution >= 4 is 17.6 Å². The van der Waals surface area contributed by atoms with Gasteiger partial charge in [0.25, 0.3) is 0 Å². The molecule has 6 heteroatoms. The highest BCUT2D eigenvalue weighted by Crippen LogP contribution is 2.37. The number of methoxy groups -OCH3 is 1. The minimum absolute atomic E-state index is 0.301. The van der Waals surface area contributed by atoms with Crippen molar-refractivity contribution in [2.24, 2.45) is 0 Å². The van der Waals surface area contributed by atoms with Crippen molar-refractivity contribution < 1.29 is 19.0 Å². The number of ether oxygens (including phenoxy) is 3. The van der Waals surface area contributed by atoms with Crippen molar-refractivity contribution in [1.82, 2.24) is 5.32 Å². The molecule has 1 unspecified atom stereocenters. The third-order valence-electron chi connectivity index (χ3n) is 3.03. The van der Waals surface area contributed by atoms with Gasteiger partial charge in [-0.2, -0.15) is 0 Å². The lowest BCUT2D eigenvalue weighted by molar-refractivity contribution is -0.142. The molecular formula is C14H18ClNO4. The average molecular weight is 300 g/mol. The summed E-state index contributed by atoms with van der Waals surface area (Å²) in [6.45, 7) is 3.45. The van der Waals surface area contributed by atoms with Gasteiger partial charge in [0.2, 0.25) is 0 Å². The number of esters is 1. The maximum atomic E-state index is 11.3. The number of carbonyl (C=O) groups excluding carboxylic acids is 1. The molecule has 1 aliphatic heterocycles. The van der Waals surface area contributed by atoms with E-state index in [2.05, 4.69) is 10.1 Å². The predicted octanol–water partition coefficient (Wildman–Crippen LogP) is 2.15. The van der Waals surface area contributed by atoms with Crippen LogP contribution in [-0.4, -0.2) is 32.3 Å². The van der Waals surface area contributed by atoms with E-state index < -0.39 is 0 Å². The third-order valence-corrected chi connectivity index (χ3v) is 3.31. The molecule has 1 N–H and O–H groups in total. The fourth-order valence-electron chi connectivity index (χ4n) is 1.92. The second-order valence-electron chi connectivity index (χ2n) is 4.58. The number of hydrogen-bond donors (Lipinski definition) is 1. The van der Waals surface area contributed by atoms with Gasteiger partial charge in [-0.25, -0.2) is 0 Å². The van der Waals surface area contributed by atoms with Gasteiger partial charge in [0.1, 0.15) is 6.04 Å². The van der Waals surface area contributed by atoms with Crippen LogP contribution in [-0.2, 0) is 16.1 Å².